The molecule has 3 rings (SSSR count). The SMILES string of the molecule is CCC1CCC(C(NN)c2ccc3nccnc3c2)CC1. The molecule has 0 saturated heterocycles. The van der Waals surface area contributed by atoms with Crippen LogP contribution < -0.4 is 11.3 Å². The number of fused-ring (bicyclic) bond motifs is 1. The van der Waals surface area contributed by atoms with Gasteiger partial charge < -0.3 is 0 Å². The van der Waals surface area contributed by atoms with Gasteiger partial charge in [-0.15, -0.1) is 0 Å². The van der Waals surface area contributed by atoms with E-state index in [4.69, 9.17) is 5.84 Å². The van der Waals surface area contributed by atoms with Crippen LogP contribution in [0.15, 0.2) is 30.6 Å². The highest BCUT2D eigenvalue weighted by atomic mass is 15.2. The van der Waals surface area contributed by atoms with Gasteiger partial charge in [-0.05, 0) is 42.4 Å². The van der Waals surface area contributed by atoms with Gasteiger partial charge in [-0.1, -0.05) is 32.3 Å². The summed E-state index contributed by atoms with van der Waals surface area (Å²) in [5, 5.41) is 0. The van der Waals surface area contributed by atoms with Crippen LogP contribution in [0, 0.1) is 11.8 Å². The predicted octanol–water partition coefficient (Wildman–Crippen LogP) is 3.35. The Morgan fingerprint density at radius 2 is 1.86 bits per heavy atom. The summed E-state index contributed by atoms with van der Waals surface area (Å²) in [5.41, 5.74) is 6.14. The number of hydrogen-bond donors (Lipinski definition) is 2. The number of hydrogen-bond acceptors (Lipinski definition) is 4. The van der Waals surface area contributed by atoms with Crippen LogP contribution in [0.25, 0.3) is 11.0 Å². The second-order valence-electron chi connectivity index (χ2n) is 6.14. The fraction of sp³-hybridized carbons (Fsp3) is 0.529. The molecule has 21 heavy (non-hydrogen) atoms. The normalized spacial score (nSPS) is 24.1. The monoisotopic (exact) mass is 284 g/mol. The van der Waals surface area contributed by atoms with Crippen LogP contribution in [0.4, 0.5) is 0 Å². The molecule has 1 heterocycles. The Morgan fingerprint density at radius 3 is 2.52 bits per heavy atom. The lowest BCUT2D eigenvalue weighted by Crippen LogP contribution is -2.35. The van der Waals surface area contributed by atoms with Gasteiger partial charge in [-0.25, -0.2) is 0 Å². The molecule has 1 fully saturated rings. The molecule has 1 aliphatic carbocycles. The van der Waals surface area contributed by atoms with E-state index in [2.05, 4.69) is 34.5 Å². The summed E-state index contributed by atoms with van der Waals surface area (Å²) in [6, 6.07) is 6.51. The molecule has 1 atom stereocenters. The van der Waals surface area contributed by atoms with Gasteiger partial charge in [0.15, 0.2) is 0 Å². The zero-order chi connectivity index (χ0) is 14.7. The van der Waals surface area contributed by atoms with Crippen LogP contribution in [0.1, 0.15) is 50.6 Å². The lowest BCUT2D eigenvalue weighted by atomic mass is 9.76. The molecule has 4 nitrogen and oxygen atoms in total. The summed E-state index contributed by atoms with van der Waals surface area (Å²) >= 11 is 0. The maximum absolute atomic E-state index is 5.86. The van der Waals surface area contributed by atoms with Crippen molar-refractivity contribution in [2.75, 3.05) is 0 Å². The van der Waals surface area contributed by atoms with Crippen LogP contribution in [0.5, 0.6) is 0 Å². The Labute approximate surface area is 126 Å². The Kier molecular flexibility index (Phi) is 4.46. The number of benzene rings is 1. The summed E-state index contributed by atoms with van der Waals surface area (Å²) in [7, 11) is 0. The first-order chi connectivity index (χ1) is 10.3. The Hall–Kier alpha value is -1.52. The van der Waals surface area contributed by atoms with Crippen molar-refractivity contribution in [2.45, 2.75) is 45.1 Å². The average Bonchev–Trinajstić information content (AvgIpc) is 2.56. The van der Waals surface area contributed by atoms with E-state index in [1.807, 2.05) is 6.07 Å². The molecule has 0 amide bonds. The van der Waals surface area contributed by atoms with Crippen molar-refractivity contribution in [1.82, 2.24) is 15.4 Å². The Morgan fingerprint density at radius 1 is 1.14 bits per heavy atom. The summed E-state index contributed by atoms with van der Waals surface area (Å²) < 4.78 is 0. The van der Waals surface area contributed by atoms with Gasteiger partial charge in [0.1, 0.15) is 0 Å². The number of nitrogens with two attached hydrogens (primary N) is 1. The van der Waals surface area contributed by atoms with Crippen LogP contribution in [-0.4, -0.2) is 9.97 Å². The Bertz CT molecular complexity index is 590. The van der Waals surface area contributed by atoms with E-state index in [-0.39, 0.29) is 6.04 Å². The van der Waals surface area contributed by atoms with Crippen molar-refractivity contribution in [3.8, 4) is 0 Å². The minimum atomic E-state index is 0.217. The fourth-order valence-corrected chi connectivity index (χ4v) is 3.61. The van der Waals surface area contributed by atoms with E-state index in [0.717, 1.165) is 17.0 Å². The zero-order valence-electron chi connectivity index (χ0n) is 12.6. The molecule has 0 bridgehead atoms. The number of nitrogens with zero attached hydrogens (tertiary/aromatic N) is 2. The third-order valence-corrected chi connectivity index (χ3v) is 4.97. The van der Waals surface area contributed by atoms with Crippen LogP contribution in [0.3, 0.4) is 0 Å². The molecular formula is C17H24N4. The quantitative estimate of drug-likeness (QED) is 0.667. The second-order valence-corrected chi connectivity index (χ2v) is 6.14. The van der Waals surface area contributed by atoms with Gasteiger partial charge in [0.25, 0.3) is 0 Å². The molecule has 4 heteroatoms. The summed E-state index contributed by atoms with van der Waals surface area (Å²) in [5.74, 6) is 7.38. The maximum Gasteiger partial charge on any atom is 0.0890 e. The smallest absolute Gasteiger partial charge is 0.0890 e. The van der Waals surface area contributed by atoms with Gasteiger partial charge in [0, 0.05) is 18.4 Å². The van der Waals surface area contributed by atoms with Gasteiger partial charge in [0.2, 0.25) is 0 Å². The van der Waals surface area contributed by atoms with E-state index >= 15 is 0 Å². The number of hydrazine groups is 1. The maximum atomic E-state index is 5.86. The van der Waals surface area contributed by atoms with Gasteiger partial charge in [-0.3, -0.25) is 21.2 Å². The zero-order valence-corrected chi connectivity index (χ0v) is 12.6. The standard InChI is InChI=1S/C17H24N4/c1-2-12-3-5-13(6-4-12)17(21-18)14-7-8-15-16(11-14)20-10-9-19-15/h7-13,17,21H,2-6,18H2,1H3. The molecule has 1 aliphatic rings. The van der Waals surface area contributed by atoms with E-state index < -0.39 is 0 Å². The highest BCUT2D eigenvalue weighted by Crippen LogP contribution is 2.37. The first-order valence-electron chi connectivity index (χ1n) is 7.98. The topological polar surface area (TPSA) is 63.8 Å². The van der Waals surface area contributed by atoms with Crippen molar-refractivity contribution in [3.63, 3.8) is 0 Å². The summed E-state index contributed by atoms with van der Waals surface area (Å²) in [6.45, 7) is 2.30. The molecule has 0 aliphatic heterocycles. The van der Waals surface area contributed by atoms with Crippen LogP contribution in [0.2, 0.25) is 0 Å². The summed E-state index contributed by atoms with van der Waals surface area (Å²) in [6.07, 6.45) is 9.94. The minimum absolute atomic E-state index is 0.217. The first kappa shape index (κ1) is 14.4. The lowest BCUT2D eigenvalue weighted by molar-refractivity contribution is 0.219. The average molecular weight is 284 g/mol. The van der Waals surface area contributed by atoms with Crippen LogP contribution >= 0.6 is 0 Å². The molecular weight excluding hydrogens is 260 g/mol. The van der Waals surface area contributed by atoms with Gasteiger partial charge >= 0.3 is 0 Å². The van der Waals surface area contributed by atoms with E-state index in [9.17, 15) is 0 Å². The van der Waals surface area contributed by atoms with E-state index in [0.29, 0.717) is 5.92 Å². The van der Waals surface area contributed by atoms with E-state index in [1.165, 1.54) is 37.7 Å². The Balaban J connectivity index is 1.81. The number of nitrogens with one attached hydrogen (secondary N) is 1. The van der Waals surface area contributed by atoms with E-state index in [1.54, 1.807) is 12.4 Å². The molecule has 3 N–H and O–H groups in total. The van der Waals surface area contributed by atoms with Crippen LogP contribution in [-0.2, 0) is 0 Å². The first-order valence-corrected chi connectivity index (χ1v) is 7.98. The van der Waals surface area contributed by atoms with Crippen molar-refractivity contribution in [2.24, 2.45) is 17.7 Å². The molecule has 1 saturated carbocycles. The molecule has 0 radical (unpaired) electrons. The van der Waals surface area contributed by atoms with Crippen molar-refractivity contribution >= 4 is 11.0 Å². The third kappa shape index (κ3) is 3.06. The van der Waals surface area contributed by atoms with Gasteiger partial charge in [-0.2, -0.15) is 0 Å². The minimum Gasteiger partial charge on any atom is -0.271 e. The predicted molar refractivity (Wildman–Crippen MR) is 85.3 cm³/mol. The molecule has 1 unspecified atom stereocenters. The fourth-order valence-electron chi connectivity index (χ4n) is 3.61. The third-order valence-electron chi connectivity index (χ3n) is 4.97. The van der Waals surface area contributed by atoms with Crippen molar-refractivity contribution in [3.05, 3.63) is 36.2 Å². The lowest BCUT2D eigenvalue weighted by Gasteiger charge is -2.33. The number of rotatable bonds is 4. The van der Waals surface area contributed by atoms with Crippen molar-refractivity contribution < 1.29 is 0 Å². The molecule has 112 valence electrons. The largest absolute Gasteiger partial charge is 0.271 e. The second kappa shape index (κ2) is 6.50. The van der Waals surface area contributed by atoms with Gasteiger partial charge in [0.05, 0.1) is 11.0 Å². The molecule has 2 aromatic rings. The highest BCUT2D eigenvalue weighted by Gasteiger charge is 2.27. The van der Waals surface area contributed by atoms with Crippen molar-refractivity contribution in [1.29, 1.82) is 0 Å². The highest BCUT2D eigenvalue weighted by molar-refractivity contribution is 5.74. The molecule has 0 spiro atoms. The number of aromatic nitrogens is 2. The molecule has 1 aromatic heterocycles. The summed E-state index contributed by atoms with van der Waals surface area (Å²) in [4.78, 5) is 8.72. The molecule has 1 aromatic carbocycles.